The maximum atomic E-state index is 5.36. The lowest BCUT2D eigenvalue weighted by atomic mass is 10.3. The molecule has 0 aliphatic carbocycles. The van der Waals surface area contributed by atoms with Crippen LogP contribution in [0.15, 0.2) is 22.8 Å². The van der Waals surface area contributed by atoms with E-state index in [1.54, 1.807) is 6.20 Å². The van der Waals surface area contributed by atoms with Crippen molar-refractivity contribution in [2.45, 2.75) is 6.04 Å². The number of halogens is 1. The third kappa shape index (κ3) is 3.44. The third-order valence-corrected chi connectivity index (χ3v) is 2.72. The molecule has 1 aliphatic heterocycles. The number of hydrogen-bond donors (Lipinski definition) is 2. The zero-order valence-electron chi connectivity index (χ0n) is 8.37. The van der Waals surface area contributed by atoms with E-state index >= 15 is 0 Å². The van der Waals surface area contributed by atoms with Gasteiger partial charge in [0.05, 0.1) is 13.2 Å². The Bertz CT molecular complexity index is 298. The van der Waals surface area contributed by atoms with E-state index in [1.165, 1.54) is 0 Å². The Labute approximate surface area is 97.6 Å². The highest BCUT2D eigenvalue weighted by Crippen LogP contribution is 2.10. The SMILES string of the molecule is Brc1ccc(NCC2COCCN2)nc1. The largest absolute Gasteiger partial charge is 0.378 e. The predicted octanol–water partition coefficient (Wildman–Crippen LogP) is 1.24. The van der Waals surface area contributed by atoms with Gasteiger partial charge in [-0.25, -0.2) is 4.98 Å². The molecule has 0 spiro atoms. The lowest BCUT2D eigenvalue weighted by molar-refractivity contribution is 0.0806. The first-order valence-corrected chi connectivity index (χ1v) is 5.80. The standard InChI is InChI=1S/C10H14BrN3O/c11-8-1-2-10(13-5-8)14-6-9-7-15-4-3-12-9/h1-2,5,9,12H,3-4,6-7H2,(H,13,14). The monoisotopic (exact) mass is 271 g/mol. The molecule has 0 saturated carbocycles. The normalized spacial score (nSPS) is 21.3. The maximum absolute atomic E-state index is 5.36. The molecule has 2 rings (SSSR count). The van der Waals surface area contributed by atoms with Gasteiger partial charge in [0.15, 0.2) is 0 Å². The van der Waals surface area contributed by atoms with Crippen LogP contribution in [0.25, 0.3) is 0 Å². The Morgan fingerprint density at radius 3 is 3.20 bits per heavy atom. The highest BCUT2D eigenvalue weighted by molar-refractivity contribution is 9.10. The zero-order valence-corrected chi connectivity index (χ0v) is 9.96. The van der Waals surface area contributed by atoms with Crippen LogP contribution in [0.4, 0.5) is 5.82 Å². The summed E-state index contributed by atoms with van der Waals surface area (Å²) in [6.07, 6.45) is 1.78. The lowest BCUT2D eigenvalue weighted by Crippen LogP contribution is -2.45. The second-order valence-corrected chi connectivity index (χ2v) is 4.38. The summed E-state index contributed by atoms with van der Waals surface area (Å²) < 4.78 is 6.35. The van der Waals surface area contributed by atoms with E-state index in [0.29, 0.717) is 6.04 Å². The van der Waals surface area contributed by atoms with E-state index in [-0.39, 0.29) is 0 Å². The van der Waals surface area contributed by atoms with Crippen molar-refractivity contribution in [3.63, 3.8) is 0 Å². The van der Waals surface area contributed by atoms with Gasteiger partial charge in [-0.1, -0.05) is 0 Å². The van der Waals surface area contributed by atoms with E-state index in [1.807, 2.05) is 12.1 Å². The molecule has 1 fully saturated rings. The molecule has 0 aromatic carbocycles. The first-order valence-electron chi connectivity index (χ1n) is 5.01. The van der Waals surface area contributed by atoms with Crippen molar-refractivity contribution in [3.05, 3.63) is 22.8 Å². The number of nitrogens with one attached hydrogen (secondary N) is 2. The van der Waals surface area contributed by atoms with Gasteiger partial charge in [0.1, 0.15) is 5.82 Å². The van der Waals surface area contributed by atoms with Gasteiger partial charge in [0.2, 0.25) is 0 Å². The minimum absolute atomic E-state index is 0.379. The lowest BCUT2D eigenvalue weighted by Gasteiger charge is -2.24. The molecule has 0 amide bonds. The average Bonchev–Trinajstić information content (AvgIpc) is 2.30. The summed E-state index contributed by atoms with van der Waals surface area (Å²) in [5, 5.41) is 6.64. The first kappa shape index (κ1) is 10.9. The van der Waals surface area contributed by atoms with Gasteiger partial charge < -0.3 is 15.4 Å². The topological polar surface area (TPSA) is 46.2 Å². The van der Waals surface area contributed by atoms with Gasteiger partial charge in [-0.15, -0.1) is 0 Å². The summed E-state index contributed by atoms with van der Waals surface area (Å²) in [5.74, 6) is 0.894. The van der Waals surface area contributed by atoms with Crippen molar-refractivity contribution < 1.29 is 4.74 Å². The van der Waals surface area contributed by atoms with E-state index < -0.39 is 0 Å². The number of nitrogens with zero attached hydrogens (tertiary/aromatic N) is 1. The number of aromatic nitrogens is 1. The highest BCUT2D eigenvalue weighted by Gasteiger charge is 2.12. The second kappa shape index (κ2) is 5.44. The van der Waals surface area contributed by atoms with Crippen molar-refractivity contribution in [1.29, 1.82) is 0 Å². The molecular weight excluding hydrogens is 258 g/mol. The quantitative estimate of drug-likeness (QED) is 0.869. The molecule has 1 unspecified atom stereocenters. The number of anilines is 1. The van der Waals surface area contributed by atoms with Crippen molar-refractivity contribution in [2.75, 3.05) is 31.6 Å². The Morgan fingerprint density at radius 1 is 1.60 bits per heavy atom. The van der Waals surface area contributed by atoms with Crippen molar-refractivity contribution in [3.8, 4) is 0 Å². The first-order chi connectivity index (χ1) is 7.34. The number of rotatable bonds is 3. The van der Waals surface area contributed by atoms with E-state index in [9.17, 15) is 0 Å². The fourth-order valence-electron chi connectivity index (χ4n) is 1.46. The number of morpholine rings is 1. The average molecular weight is 272 g/mol. The molecule has 5 heteroatoms. The number of hydrogen-bond acceptors (Lipinski definition) is 4. The Kier molecular flexibility index (Phi) is 3.94. The van der Waals surface area contributed by atoms with Gasteiger partial charge >= 0.3 is 0 Å². The van der Waals surface area contributed by atoms with E-state index in [4.69, 9.17) is 4.74 Å². The number of ether oxygens (including phenoxy) is 1. The van der Waals surface area contributed by atoms with Crippen LogP contribution in [0, 0.1) is 0 Å². The van der Waals surface area contributed by atoms with Crippen LogP contribution in [0.3, 0.4) is 0 Å². The molecule has 82 valence electrons. The molecule has 4 nitrogen and oxygen atoms in total. The van der Waals surface area contributed by atoms with Gasteiger partial charge in [0.25, 0.3) is 0 Å². The van der Waals surface area contributed by atoms with Crippen LogP contribution in [0.1, 0.15) is 0 Å². The smallest absolute Gasteiger partial charge is 0.126 e. The molecule has 1 aromatic heterocycles. The summed E-state index contributed by atoms with van der Waals surface area (Å²) in [5.41, 5.74) is 0. The van der Waals surface area contributed by atoms with Gasteiger partial charge in [-0.05, 0) is 28.1 Å². The summed E-state index contributed by atoms with van der Waals surface area (Å²) in [6.45, 7) is 3.35. The summed E-state index contributed by atoms with van der Waals surface area (Å²) >= 11 is 3.35. The van der Waals surface area contributed by atoms with Crippen LogP contribution in [-0.2, 0) is 4.74 Å². The minimum Gasteiger partial charge on any atom is -0.378 e. The summed E-state index contributed by atoms with van der Waals surface area (Å²) in [7, 11) is 0. The second-order valence-electron chi connectivity index (χ2n) is 3.47. The molecular formula is C10H14BrN3O. The van der Waals surface area contributed by atoms with Crippen molar-refractivity contribution in [2.24, 2.45) is 0 Å². The van der Waals surface area contributed by atoms with Crippen LogP contribution >= 0.6 is 15.9 Å². The molecule has 2 N–H and O–H groups in total. The van der Waals surface area contributed by atoms with Crippen LogP contribution in [-0.4, -0.2) is 37.3 Å². The van der Waals surface area contributed by atoms with Gasteiger partial charge in [0, 0.05) is 29.8 Å². The molecule has 1 aliphatic rings. The van der Waals surface area contributed by atoms with Gasteiger partial charge in [-0.3, -0.25) is 0 Å². The fraction of sp³-hybridized carbons (Fsp3) is 0.500. The molecule has 1 aromatic rings. The molecule has 1 atom stereocenters. The summed E-state index contributed by atoms with van der Waals surface area (Å²) in [6, 6.07) is 4.30. The molecule has 2 heterocycles. The van der Waals surface area contributed by atoms with Crippen LogP contribution in [0.5, 0.6) is 0 Å². The zero-order chi connectivity index (χ0) is 10.5. The summed E-state index contributed by atoms with van der Waals surface area (Å²) in [4.78, 5) is 4.24. The van der Waals surface area contributed by atoms with Gasteiger partial charge in [-0.2, -0.15) is 0 Å². The van der Waals surface area contributed by atoms with Crippen LogP contribution in [0.2, 0.25) is 0 Å². The predicted molar refractivity (Wildman–Crippen MR) is 63.0 cm³/mol. The fourth-order valence-corrected chi connectivity index (χ4v) is 1.69. The molecule has 15 heavy (non-hydrogen) atoms. The Balaban J connectivity index is 1.79. The Morgan fingerprint density at radius 2 is 2.53 bits per heavy atom. The molecule has 0 radical (unpaired) electrons. The highest BCUT2D eigenvalue weighted by atomic mass is 79.9. The third-order valence-electron chi connectivity index (χ3n) is 2.26. The van der Waals surface area contributed by atoms with E-state index in [2.05, 4.69) is 31.5 Å². The molecule has 0 bridgehead atoms. The van der Waals surface area contributed by atoms with Crippen LogP contribution < -0.4 is 10.6 Å². The number of pyridine rings is 1. The Hall–Kier alpha value is -0.650. The van der Waals surface area contributed by atoms with Crippen molar-refractivity contribution >= 4 is 21.7 Å². The maximum Gasteiger partial charge on any atom is 0.126 e. The minimum atomic E-state index is 0.379. The van der Waals surface area contributed by atoms with E-state index in [0.717, 1.165) is 36.6 Å². The van der Waals surface area contributed by atoms with Crippen molar-refractivity contribution in [1.82, 2.24) is 10.3 Å². The molecule has 1 saturated heterocycles.